The van der Waals surface area contributed by atoms with Crippen molar-refractivity contribution < 1.29 is 4.74 Å². The molecule has 0 N–H and O–H groups in total. The molecule has 3 rings (SSSR count). The predicted octanol–water partition coefficient (Wildman–Crippen LogP) is 3.12. The Morgan fingerprint density at radius 2 is 1.95 bits per heavy atom. The van der Waals surface area contributed by atoms with Crippen molar-refractivity contribution in [3.8, 4) is 0 Å². The Labute approximate surface area is 133 Å². The third-order valence-corrected chi connectivity index (χ3v) is 4.31. The lowest BCUT2D eigenvalue weighted by molar-refractivity contribution is 0.104. The maximum Gasteiger partial charge on any atom is 0.108 e. The van der Waals surface area contributed by atoms with Gasteiger partial charge in [0.15, 0.2) is 0 Å². The third kappa shape index (κ3) is 3.78. The standard InChI is InChI=1S/C16H18N4OS/c1-12-16(22-13(2)17-12)9-20-8-15(18-19-20)11-21-10-14-6-4-3-5-7-14/h3-8H,9-11H2,1-2H3. The summed E-state index contributed by atoms with van der Waals surface area (Å²) in [5, 5.41) is 9.39. The van der Waals surface area contributed by atoms with E-state index < -0.39 is 0 Å². The van der Waals surface area contributed by atoms with Crippen molar-refractivity contribution in [1.29, 1.82) is 0 Å². The minimum Gasteiger partial charge on any atom is -0.370 e. The van der Waals surface area contributed by atoms with E-state index in [0.717, 1.165) is 22.0 Å². The molecule has 0 aliphatic carbocycles. The van der Waals surface area contributed by atoms with Crippen molar-refractivity contribution >= 4 is 11.3 Å². The molecule has 0 fully saturated rings. The fourth-order valence-electron chi connectivity index (χ4n) is 2.20. The highest BCUT2D eigenvalue weighted by Crippen LogP contribution is 2.18. The number of ether oxygens (including phenoxy) is 1. The number of nitrogens with zero attached hydrogens (tertiary/aromatic N) is 4. The van der Waals surface area contributed by atoms with Gasteiger partial charge in [-0.25, -0.2) is 9.67 Å². The van der Waals surface area contributed by atoms with Gasteiger partial charge >= 0.3 is 0 Å². The van der Waals surface area contributed by atoms with E-state index in [0.29, 0.717) is 19.8 Å². The molecule has 0 saturated heterocycles. The van der Waals surface area contributed by atoms with Gasteiger partial charge in [-0.2, -0.15) is 0 Å². The lowest BCUT2D eigenvalue weighted by Gasteiger charge is -2.01. The first-order chi connectivity index (χ1) is 10.7. The van der Waals surface area contributed by atoms with Crippen LogP contribution in [0.1, 0.15) is 26.8 Å². The Kier molecular flexibility index (Phi) is 4.60. The van der Waals surface area contributed by atoms with Crippen LogP contribution in [-0.4, -0.2) is 20.0 Å². The average Bonchev–Trinajstić information content (AvgIpc) is 3.07. The van der Waals surface area contributed by atoms with Crippen LogP contribution in [0.2, 0.25) is 0 Å². The fraction of sp³-hybridized carbons (Fsp3) is 0.312. The van der Waals surface area contributed by atoms with Crippen molar-refractivity contribution in [1.82, 2.24) is 20.0 Å². The molecule has 0 atom stereocenters. The van der Waals surface area contributed by atoms with Crippen molar-refractivity contribution in [3.05, 3.63) is 63.4 Å². The molecule has 5 nitrogen and oxygen atoms in total. The maximum absolute atomic E-state index is 5.67. The lowest BCUT2D eigenvalue weighted by Crippen LogP contribution is -2.00. The van der Waals surface area contributed by atoms with Crippen LogP contribution in [-0.2, 0) is 24.5 Å². The molecule has 0 unspecified atom stereocenters. The molecule has 0 aliphatic heterocycles. The number of benzene rings is 1. The summed E-state index contributed by atoms with van der Waals surface area (Å²) in [4.78, 5) is 5.65. The molecule has 3 aromatic rings. The van der Waals surface area contributed by atoms with Gasteiger partial charge in [0.1, 0.15) is 5.69 Å². The zero-order valence-electron chi connectivity index (χ0n) is 12.7. The molecule has 22 heavy (non-hydrogen) atoms. The molecule has 0 bridgehead atoms. The monoisotopic (exact) mass is 314 g/mol. The van der Waals surface area contributed by atoms with Gasteiger partial charge in [0.2, 0.25) is 0 Å². The van der Waals surface area contributed by atoms with E-state index >= 15 is 0 Å². The van der Waals surface area contributed by atoms with E-state index in [2.05, 4.69) is 15.3 Å². The molecule has 1 aromatic carbocycles. The second-order valence-electron chi connectivity index (χ2n) is 5.13. The summed E-state index contributed by atoms with van der Waals surface area (Å²) in [6.07, 6.45) is 1.93. The Morgan fingerprint density at radius 1 is 1.14 bits per heavy atom. The summed E-state index contributed by atoms with van der Waals surface area (Å²) < 4.78 is 7.51. The topological polar surface area (TPSA) is 52.8 Å². The predicted molar refractivity (Wildman–Crippen MR) is 85.6 cm³/mol. The van der Waals surface area contributed by atoms with Gasteiger partial charge in [0.25, 0.3) is 0 Å². The van der Waals surface area contributed by atoms with Crippen LogP contribution in [0.4, 0.5) is 0 Å². The van der Waals surface area contributed by atoms with Crippen LogP contribution in [0.5, 0.6) is 0 Å². The van der Waals surface area contributed by atoms with Gasteiger partial charge in [0.05, 0.1) is 36.7 Å². The first kappa shape index (κ1) is 14.9. The number of aromatic nitrogens is 4. The summed E-state index contributed by atoms with van der Waals surface area (Å²) in [6, 6.07) is 10.1. The molecule has 0 radical (unpaired) electrons. The van der Waals surface area contributed by atoms with E-state index in [1.807, 2.05) is 55.1 Å². The highest BCUT2D eigenvalue weighted by Gasteiger charge is 2.07. The second-order valence-corrected chi connectivity index (χ2v) is 6.42. The number of aryl methyl sites for hydroxylation is 2. The van der Waals surface area contributed by atoms with Crippen LogP contribution >= 0.6 is 11.3 Å². The minimum absolute atomic E-state index is 0.468. The quantitative estimate of drug-likeness (QED) is 0.701. The zero-order chi connectivity index (χ0) is 15.4. The van der Waals surface area contributed by atoms with Gasteiger partial charge in [0, 0.05) is 4.88 Å². The van der Waals surface area contributed by atoms with Crippen LogP contribution in [0.15, 0.2) is 36.5 Å². The van der Waals surface area contributed by atoms with E-state index in [9.17, 15) is 0 Å². The van der Waals surface area contributed by atoms with E-state index in [-0.39, 0.29) is 0 Å². The molecule has 0 aliphatic rings. The Bertz CT molecular complexity index is 736. The van der Waals surface area contributed by atoms with Gasteiger partial charge in [-0.05, 0) is 19.4 Å². The Hall–Kier alpha value is -2.05. The summed E-state index contributed by atoms with van der Waals surface area (Å²) in [7, 11) is 0. The third-order valence-electron chi connectivity index (χ3n) is 3.25. The first-order valence-electron chi connectivity index (χ1n) is 7.14. The molecule has 0 saturated carbocycles. The van der Waals surface area contributed by atoms with Crippen LogP contribution < -0.4 is 0 Å². The molecule has 0 spiro atoms. The Morgan fingerprint density at radius 3 is 2.68 bits per heavy atom. The average molecular weight is 314 g/mol. The molecule has 114 valence electrons. The van der Waals surface area contributed by atoms with Crippen molar-refractivity contribution in [3.63, 3.8) is 0 Å². The van der Waals surface area contributed by atoms with Gasteiger partial charge < -0.3 is 4.74 Å². The highest BCUT2D eigenvalue weighted by atomic mass is 32.1. The summed E-state index contributed by atoms with van der Waals surface area (Å²) in [6.45, 7) is 5.81. The summed E-state index contributed by atoms with van der Waals surface area (Å²) >= 11 is 1.70. The smallest absolute Gasteiger partial charge is 0.108 e. The van der Waals surface area contributed by atoms with Gasteiger partial charge in [-0.3, -0.25) is 0 Å². The van der Waals surface area contributed by atoms with Gasteiger partial charge in [-0.1, -0.05) is 35.5 Å². The highest BCUT2D eigenvalue weighted by molar-refractivity contribution is 7.11. The lowest BCUT2D eigenvalue weighted by atomic mass is 10.2. The molecule has 0 amide bonds. The van der Waals surface area contributed by atoms with Crippen molar-refractivity contribution in [2.24, 2.45) is 0 Å². The zero-order valence-corrected chi connectivity index (χ0v) is 13.5. The summed E-state index contributed by atoms with van der Waals surface area (Å²) in [5.41, 5.74) is 3.07. The molecule has 6 heteroatoms. The van der Waals surface area contributed by atoms with Crippen molar-refractivity contribution in [2.45, 2.75) is 33.6 Å². The molecular weight excluding hydrogens is 296 g/mol. The van der Waals surface area contributed by atoms with E-state index in [1.165, 1.54) is 4.88 Å². The molecular formula is C16H18N4OS. The number of thiazole rings is 1. The molecule has 2 aromatic heterocycles. The number of hydrogen-bond donors (Lipinski definition) is 0. The number of hydrogen-bond acceptors (Lipinski definition) is 5. The van der Waals surface area contributed by atoms with E-state index in [4.69, 9.17) is 4.74 Å². The first-order valence-corrected chi connectivity index (χ1v) is 7.96. The SMILES string of the molecule is Cc1nc(C)c(Cn2cc(COCc3ccccc3)nn2)s1. The van der Waals surface area contributed by atoms with E-state index in [1.54, 1.807) is 11.3 Å². The molecule has 2 heterocycles. The largest absolute Gasteiger partial charge is 0.370 e. The Balaban J connectivity index is 1.54. The van der Waals surface area contributed by atoms with Crippen LogP contribution in [0.3, 0.4) is 0 Å². The summed E-state index contributed by atoms with van der Waals surface area (Å²) in [5.74, 6) is 0. The normalized spacial score (nSPS) is 11.0. The van der Waals surface area contributed by atoms with Crippen molar-refractivity contribution in [2.75, 3.05) is 0 Å². The van der Waals surface area contributed by atoms with Gasteiger partial charge in [-0.15, -0.1) is 16.4 Å². The maximum atomic E-state index is 5.67. The number of rotatable bonds is 6. The van der Waals surface area contributed by atoms with Crippen LogP contribution in [0, 0.1) is 13.8 Å². The second kappa shape index (κ2) is 6.81. The minimum atomic E-state index is 0.468. The van der Waals surface area contributed by atoms with Crippen LogP contribution in [0.25, 0.3) is 0 Å². The fourth-order valence-corrected chi connectivity index (χ4v) is 3.13.